The van der Waals surface area contributed by atoms with Gasteiger partial charge >= 0.3 is 17.4 Å². The number of pyridine rings is 1. The van der Waals surface area contributed by atoms with Crippen molar-refractivity contribution in [2.24, 2.45) is 7.05 Å². The topological polar surface area (TPSA) is 124 Å². The number of anilines is 1. The van der Waals surface area contributed by atoms with Crippen molar-refractivity contribution < 1.29 is 22.9 Å². The molecule has 4 rings (SSSR count). The summed E-state index contributed by atoms with van der Waals surface area (Å²) in [6.45, 7) is 0.694. The second-order valence-corrected chi connectivity index (χ2v) is 8.36. The molecule has 13 heteroatoms. The van der Waals surface area contributed by atoms with Crippen molar-refractivity contribution in [3.05, 3.63) is 66.6 Å². The molecule has 1 amide bonds. The molecule has 0 unspecified atom stereocenters. The molecule has 0 atom stereocenters. The van der Waals surface area contributed by atoms with Crippen LogP contribution in [-0.4, -0.2) is 46.5 Å². The monoisotopic (exact) mass is 483 g/mol. The number of amides is 1. The predicted octanol–water partition coefficient (Wildman–Crippen LogP) is 3.65. The SMILES string of the molecule is Cn1c(=O)c([N+](=O)[O-])c(N2CCN(C(=O)c3ccc(C(F)(F)F)s3)CC2)c2ccccc21.N. The standard InChI is InChI=1S/C20H17F3N4O4S.H3N/c1-24-13-5-3-2-4-12(13)16(17(19(24)29)27(30)31)25-8-10-26(11-9-25)18(28)14-6-7-15(32-14)20(21,22)23;/h2-7H,8-11H2,1H3;1H3. The highest BCUT2D eigenvalue weighted by Crippen LogP contribution is 2.36. The van der Waals surface area contributed by atoms with Gasteiger partial charge in [-0.25, -0.2) is 0 Å². The molecule has 0 spiro atoms. The lowest BCUT2D eigenvalue weighted by atomic mass is 10.1. The number of alkyl halides is 3. The first-order valence-corrected chi connectivity index (χ1v) is 10.4. The summed E-state index contributed by atoms with van der Waals surface area (Å²) in [5.41, 5.74) is -0.550. The lowest BCUT2D eigenvalue weighted by Crippen LogP contribution is -2.49. The molecule has 1 aromatic carbocycles. The van der Waals surface area contributed by atoms with Crippen LogP contribution in [-0.2, 0) is 13.2 Å². The van der Waals surface area contributed by atoms with E-state index in [0.29, 0.717) is 22.2 Å². The van der Waals surface area contributed by atoms with E-state index in [1.165, 1.54) is 16.5 Å². The zero-order valence-corrected chi connectivity index (χ0v) is 18.3. The van der Waals surface area contributed by atoms with E-state index in [-0.39, 0.29) is 42.9 Å². The molecule has 1 aliphatic heterocycles. The van der Waals surface area contributed by atoms with Crippen molar-refractivity contribution in [1.82, 2.24) is 15.6 Å². The van der Waals surface area contributed by atoms with Crippen LogP contribution in [0, 0.1) is 10.1 Å². The third-order valence-corrected chi connectivity index (χ3v) is 6.53. The highest BCUT2D eigenvalue weighted by molar-refractivity contribution is 7.14. The number of benzene rings is 1. The molecule has 0 saturated carbocycles. The Morgan fingerprint density at radius 3 is 2.30 bits per heavy atom. The zero-order valence-electron chi connectivity index (χ0n) is 17.5. The van der Waals surface area contributed by atoms with E-state index in [1.807, 2.05) is 0 Å². The molecule has 33 heavy (non-hydrogen) atoms. The highest BCUT2D eigenvalue weighted by atomic mass is 32.1. The Balaban J connectivity index is 0.00000306. The number of nitrogens with zero attached hydrogens (tertiary/aromatic N) is 4. The number of rotatable bonds is 3. The fraction of sp³-hybridized carbons (Fsp3) is 0.300. The summed E-state index contributed by atoms with van der Waals surface area (Å²) in [4.78, 5) is 38.6. The van der Waals surface area contributed by atoms with Crippen LogP contribution in [0.5, 0.6) is 0 Å². The van der Waals surface area contributed by atoms with Gasteiger partial charge in [-0.2, -0.15) is 13.2 Å². The minimum atomic E-state index is -4.51. The van der Waals surface area contributed by atoms with Crippen molar-refractivity contribution in [1.29, 1.82) is 0 Å². The minimum Gasteiger partial charge on any atom is -0.362 e. The van der Waals surface area contributed by atoms with Crippen LogP contribution in [0.25, 0.3) is 10.9 Å². The predicted molar refractivity (Wildman–Crippen MR) is 118 cm³/mol. The summed E-state index contributed by atoms with van der Waals surface area (Å²) >= 11 is 0.387. The van der Waals surface area contributed by atoms with Crippen molar-refractivity contribution in [3.63, 3.8) is 0 Å². The summed E-state index contributed by atoms with van der Waals surface area (Å²) in [6.07, 6.45) is -4.51. The molecule has 3 heterocycles. The second kappa shape index (κ2) is 8.83. The van der Waals surface area contributed by atoms with Gasteiger partial charge in [0, 0.05) is 38.6 Å². The van der Waals surface area contributed by atoms with Crippen LogP contribution in [0.3, 0.4) is 0 Å². The summed E-state index contributed by atoms with van der Waals surface area (Å²) in [7, 11) is 1.47. The third kappa shape index (κ3) is 4.28. The minimum absolute atomic E-state index is 0. The van der Waals surface area contributed by atoms with E-state index in [2.05, 4.69) is 0 Å². The highest BCUT2D eigenvalue weighted by Gasteiger charge is 2.35. The smallest absolute Gasteiger partial charge is 0.362 e. The van der Waals surface area contributed by atoms with E-state index in [1.54, 1.807) is 29.2 Å². The number of carbonyl (C=O) groups is 1. The molecule has 1 aliphatic rings. The normalized spacial score (nSPS) is 14.3. The average Bonchev–Trinajstić information content (AvgIpc) is 3.26. The maximum absolute atomic E-state index is 12.8. The number of para-hydroxylation sites is 1. The molecule has 2 aromatic heterocycles. The van der Waals surface area contributed by atoms with Crippen molar-refractivity contribution in [3.8, 4) is 0 Å². The fourth-order valence-electron chi connectivity index (χ4n) is 3.84. The van der Waals surface area contributed by atoms with E-state index in [0.717, 1.165) is 12.1 Å². The Morgan fingerprint density at radius 2 is 1.73 bits per heavy atom. The molecule has 1 saturated heterocycles. The number of halogens is 3. The number of fused-ring (bicyclic) bond motifs is 1. The lowest BCUT2D eigenvalue weighted by Gasteiger charge is -2.36. The molecule has 3 N–H and O–H groups in total. The molecular weight excluding hydrogens is 463 g/mol. The first kappa shape index (κ1) is 24.2. The van der Waals surface area contributed by atoms with Crippen LogP contribution in [0.4, 0.5) is 24.5 Å². The number of nitro groups is 1. The summed E-state index contributed by atoms with van der Waals surface area (Å²) in [6, 6.07) is 8.86. The second-order valence-electron chi connectivity index (χ2n) is 7.28. The Morgan fingerprint density at radius 1 is 1.09 bits per heavy atom. The van der Waals surface area contributed by atoms with Gasteiger partial charge in [-0.3, -0.25) is 19.7 Å². The Hall–Kier alpha value is -3.45. The van der Waals surface area contributed by atoms with Gasteiger partial charge in [0.2, 0.25) is 0 Å². The summed E-state index contributed by atoms with van der Waals surface area (Å²) in [5.74, 6) is -0.520. The molecule has 1 fully saturated rings. The zero-order chi connectivity index (χ0) is 23.2. The van der Waals surface area contributed by atoms with Gasteiger partial charge < -0.3 is 20.5 Å². The third-order valence-electron chi connectivity index (χ3n) is 5.41. The van der Waals surface area contributed by atoms with Gasteiger partial charge in [0.05, 0.1) is 15.3 Å². The van der Waals surface area contributed by atoms with Crippen molar-refractivity contribution in [2.75, 3.05) is 31.1 Å². The number of carbonyl (C=O) groups excluding carboxylic acids is 1. The first-order chi connectivity index (χ1) is 15.1. The molecular formula is C20H20F3N5O4S. The van der Waals surface area contributed by atoms with Crippen LogP contribution < -0.4 is 16.6 Å². The quantitative estimate of drug-likeness (QED) is 0.448. The Bertz CT molecular complexity index is 1280. The molecule has 9 nitrogen and oxygen atoms in total. The van der Waals surface area contributed by atoms with Gasteiger partial charge in [0.25, 0.3) is 5.91 Å². The largest absolute Gasteiger partial charge is 0.425 e. The van der Waals surface area contributed by atoms with E-state index in [4.69, 9.17) is 0 Å². The fourth-order valence-corrected chi connectivity index (χ4v) is 4.68. The molecule has 3 aromatic rings. The summed E-state index contributed by atoms with van der Waals surface area (Å²) in [5, 5.41) is 12.3. The number of hydrogen-bond donors (Lipinski definition) is 1. The first-order valence-electron chi connectivity index (χ1n) is 9.57. The lowest BCUT2D eigenvalue weighted by molar-refractivity contribution is -0.385. The van der Waals surface area contributed by atoms with Crippen molar-refractivity contribution in [2.45, 2.75) is 6.18 Å². The number of piperazine rings is 1. The van der Waals surface area contributed by atoms with Crippen LogP contribution in [0.15, 0.2) is 41.2 Å². The molecule has 0 bridgehead atoms. The maximum atomic E-state index is 12.8. The number of thiophene rings is 1. The molecule has 176 valence electrons. The average molecular weight is 483 g/mol. The number of aryl methyl sites for hydroxylation is 1. The van der Waals surface area contributed by atoms with Crippen LogP contribution in [0.1, 0.15) is 14.5 Å². The summed E-state index contributed by atoms with van der Waals surface area (Å²) < 4.78 is 39.7. The van der Waals surface area contributed by atoms with Gasteiger partial charge in [-0.05, 0) is 18.2 Å². The van der Waals surface area contributed by atoms with Crippen molar-refractivity contribution >= 4 is 39.5 Å². The van der Waals surface area contributed by atoms with Crippen LogP contribution in [0.2, 0.25) is 0 Å². The number of aromatic nitrogens is 1. The maximum Gasteiger partial charge on any atom is 0.425 e. The van der Waals surface area contributed by atoms with E-state index in [9.17, 15) is 32.9 Å². The van der Waals surface area contributed by atoms with E-state index < -0.39 is 33.1 Å². The van der Waals surface area contributed by atoms with Gasteiger partial charge in [-0.1, -0.05) is 18.2 Å². The van der Waals surface area contributed by atoms with E-state index >= 15 is 0 Å². The molecule has 0 aliphatic carbocycles. The van der Waals surface area contributed by atoms with Gasteiger partial charge in [0.1, 0.15) is 10.6 Å². The van der Waals surface area contributed by atoms with Gasteiger partial charge in [0.15, 0.2) is 0 Å². The Kier molecular flexibility index (Phi) is 6.47. The molecule has 0 radical (unpaired) electrons. The number of hydrogen-bond acceptors (Lipinski definition) is 7. The van der Waals surface area contributed by atoms with Gasteiger partial charge in [-0.15, -0.1) is 11.3 Å². The Labute approximate surface area is 189 Å². The van der Waals surface area contributed by atoms with Crippen LogP contribution >= 0.6 is 11.3 Å².